The molecule has 9 nitrogen and oxygen atoms in total. The van der Waals surface area contributed by atoms with Gasteiger partial charge in [0.05, 0.1) is 32.6 Å². The number of methoxy groups -OCH3 is 2. The monoisotopic (exact) mass is 382 g/mol. The fourth-order valence-electron chi connectivity index (χ4n) is 2.89. The van der Waals surface area contributed by atoms with E-state index in [1.807, 2.05) is 0 Å². The van der Waals surface area contributed by atoms with E-state index >= 15 is 0 Å². The van der Waals surface area contributed by atoms with Gasteiger partial charge in [0.15, 0.2) is 11.5 Å². The van der Waals surface area contributed by atoms with E-state index in [1.165, 1.54) is 26.4 Å². The summed E-state index contributed by atoms with van der Waals surface area (Å²) in [6, 6.07) is 4.13. The number of benzene rings is 1. The van der Waals surface area contributed by atoms with Crippen LogP contribution in [0.4, 0.5) is 0 Å². The second kappa shape index (κ2) is 6.96. The Kier molecular flexibility index (Phi) is 4.88. The van der Waals surface area contributed by atoms with E-state index in [4.69, 9.17) is 14.2 Å². The fraction of sp³-hybridized carbons (Fsp3) is 0.375. The summed E-state index contributed by atoms with van der Waals surface area (Å²) in [5.41, 5.74) is 0.0473. The highest BCUT2D eigenvalue weighted by Gasteiger charge is 2.39. The molecule has 2 aliphatic rings. The first-order chi connectivity index (χ1) is 12.4. The molecule has 1 atom stereocenters. The Morgan fingerprint density at radius 2 is 2.04 bits per heavy atom. The number of rotatable bonds is 5. The van der Waals surface area contributed by atoms with Crippen LogP contribution in [0.3, 0.4) is 0 Å². The standard InChI is InChI=1S/C16H18N2O7S/c1-23-14-4-3-10(7-15(14)24-2)12-8-13(16(19)20)18(26(21,22)17-12)11-5-6-25-9-11/h3-4,7-8,11H,5-6,9H2,1-2H3,(H,19,20)/t11-/m0/s1. The Morgan fingerprint density at radius 3 is 2.62 bits per heavy atom. The molecule has 0 aliphatic carbocycles. The largest absolute Gasteiger partial charge is 0.493 e. The van der Waals surface area contributed by atoms with Crippen LogP contribution in [0, 0.1) is 0 Å². The van der Waals surface area contributed by atoms with Gasteiger partial charge in [0, 0.05) is 12.2 Å². The molecule has 0 spiro atoms. The third-order valence-electron chi connectivity index (χ3n) is 4.11. The molecule has 0 radical (unpaired) electrons. The van der Waals surface area contributed by atoms with Gasteiger partial charge in [-0.05, 0) is 30.7 Å². The Labute approximate surface area is 150 Å². The molecule has 26 heavy (non-hydrogen) atoms. The van der Waals surface area contributed by atoms with E-state index in [0.717, 1.165) is 4.31 Å². The van der Waals surface area contributed by atoms with Crippen LogP contribution in [-0.4, -0.2) is 63.0 Å². The Balaban J connectivity index is 2.08. The lowest BCUT2D eigenvalue weighted by Crippen LogP contribution is -2.43. The lowest BCUT2D eigenvalue weighted by Gasteiger charge is -2.30. The average Bonchev–Trinajstić information content (AvgIpc) is 3.13. The number of hydrogen-bond acceptors (Lipinski definition) is 6. The van der Waals surface area contributed by atoms with E-state index < -0.39 is 22.2 Å². The van der Waals surface area contributed by atoms with Gasteiger partial charge in [-0.25, -0.2) is 9.10 Å². The Morgan fingerprint density at radius 1 is 1.31 bits per heavy atom. The van der Waals surface area contributed by atoms with Crippen molar-refractivity contribution < 1.29 is 32.5 Å². The normalized spacial score (nSPS) is 21.8. The summed E-state index contributed by atoms with van der Waals surface area (Å²) in [4.78, 5) is 11.7. The molecular formula is C16H18N2O7S. The molecular weight excluding hydrogens is 364 g/mol. The Hall–Kier alpha value is -2.59. The van der Waals surface area contributed by atoms with Crippen LogP contribution in [0.2, 0.25) is 0 Å². The molecule has 1 fully saturated rings. The molecule has 2 heterocycles. The molecule has 1 aromatic rings. The number of hydrogen-bond donors (Lipinski definition) is 1. The van der Waals surface area contributed by atoms with Crippen molar-refractivity contribution in [3.8, 4) is 11.5 Å². The van der Waals surface area contributed by atoms with Crippen LogP contribution in [0.1, 0.15) is 12.0 Å². The molecule has 1 N–H and O–H groups in total. The zero-order chi connectivity index (χ0) is 18.9. The van der Waals surface area contributed by atoms with Gasteiger partial charge in [0.1, 0.15) is 5.70 Å². The van der Waals surface area contributed by atoms with E-state index in [9.17, 15) is 18.3 Å². The van der Waals surface area contributed by atoms with Gasteiger partial charge in [-0.3, -0.25) is 0 Å². The molecule has 2 aliphatic heterocycles. The fourth-order valence-corrected chi connectivity index (χ4v) is 4.31. The van der Waals surface area contributed by atoms with Crippen LogP contribution in [0.5, 0.6) is 11.5 Å². The van der Waals surface area contributed by atoms with Gasteiger partial charge in [-0.1, -0.05) is 0 Å². The summed E-state index contributed by atoms with van der Waals surface area (Å²) < 4.78 is 45.5. The van der Waals surface area contributed by atoms with Gasteiger partial charge in [-0.2, -0.15) is 8.42 Å². The first-order valence-corrected chi connectivity index (χ1v) is 9.16. The van der Waals surface area contributed by atoms with Crippen LogP contribution < -0.4 is 9.47 Å². The highest BCUT2D eigenvalue weighted by molar-refractivity contribution is 7.88. The highest BCUT2D eigenvalue weighted by Crippen LogP contribution is 2.31. The Bertz CT molecular complexity index is 886. The summed E-state index contributed by atoms with van der Waals surface area (Å²) >= 11 is 0. The van der Waals surface area contributed by atoms with Crippen molar-refractivity contribution >= 4 is 21.9 Å². The molecule has 1 saturated heterocycles. The molecule has 0 unspecified atom stereocenters. The third-order valence-corrected chi connectivity index (χ3v) is 5.53. The maximum atomic E-state index is 12.7. The molecule has 0 amide bonds. The predicted molar refractivity (Wildman–Crippen MR) is 91.8 cm³/mol. The average molecular weight is 382 g/mol. The molecule has 0 bridgehead atoms. The van der Waals surface area contributed by atoms with Crippen molar-refractivity contribution in [1.82, 2.24) is 4.31 Å². The maximum Gasteiger partial charge on any atom is 0.353 e. The summed E-state index contributed by atoms with van der Waals surface area (Å²) in [6.07, 6.45) is 1.65. The molecule has 3 rings (SSSR count). The van der Waals surface area contributed by atoms with Gasteiger partial charge in [-0.15, -0.1) is 4.40 Å². The van der Waals surface area contributed by atoms with Crippen molar-refractivity contribution in [3.05, 3.63) is 35.5 Å². The third kappa shape index (κ3) is 3.25. The minimum atomic E-state index is -4.21. The van der Waals surface area contributed by atoms with Crippen molar-refractivity contribution in [2.75, 3.05) is 27.4 Å². The van der Waals surface area contributed by atoms with Crippen LogP contribution >= 0.6 is 0 Å². The summed E-state index contributed by atoms with van der Waals surface area (Å²) in [5.74, 6) is -0.516. The number of carbonyl (C=O) groups is 1. The van der Waals surface area contributed by atoms with E-state index in [1.54, 1.807) is 12.1 Å². The number of allylic oxidation sites excluding steroid dienone is 1. The summed E-state index contributed by atoms with van der Waals surface area (Å²) in [7, 11) is -1.29. The zero-order valence-corrected chi connectivity index (χ0v) is 15.0. The second-order valence-corrected chi connectivity index (χ2v) is 7.14. The van der Waals surface area contributed by atoms with Crippen molar-refractivity contribution in [1.29, 1.82) is 0 Å². The number of carboxylic acids is 1. The minimum absolute atomic E-state index is 0.0125. The van der Waals surface area contributed by atoms with Crippen LogP contribution in [0.15, 0.2) is 34.4 Å². The first-order valence-electron chi connectivity index (χ1n) is 7.77. The number of ether oxygens (including phenoxy) is 3. The number of nitrogens with zero attached hydrogens (tertiary/aromatic N) is 2. The molecule has 1 aromatic carbocycles. The van der Waals surface area contributed by atoms with E-state index in [-0.39, 0.29) is 18.0 Å². The van der Waals surface area contributed by atoms with Crippen molar-refractivity contribution in [2.45, 2.75) is 12.5 Å². The lowest BCUT2D eigenvalue weighted by atomic mass is 10.1. The summed E-state index contributed by atoms with van der Waals surface area (Å²) in [6.45, 7) is 0.501. The van der Waals surface area contributed by atoms with Crippen LogP contribution in [0.25, 0.3) is 0 Å². The second-order valence-electron chi connectivity index (χ2n) is 5.67. The topological polar surface area (TPSA) is 115 Å². The lowest BCUT2D eigenvalue weighted by molar-refractivity contribution is -0.134. The van der Waals surface area contributed by atoms with Crippen LogP contribution in [-0.2, 0) is 19.7 Å². The summed E-state index contributed by atoms with van der Waals surface area (Å²) in [5, 5.41) is 9.53. The number of aliphatic carboxylic acids is 1. The van der Waals surface area contributed by atoms with Gasteiger partial charge < -0.3 is 19.3 Å². The molecule has 0 saturated carbocycles. The quantitative estimate of drug-likeness (QED) is 0.801. The predicted octanol–water partition coefficient (Wildman–Crippen LogP) is 0.811. The molecule has 10 heteroatoms. The van der Waals surface area contributed by atoms with Gasteiger partial charge >= 0.3 is 16.2 Å². The smallest absolute Gasteiger partial charge is 0.353 e. The SMILES string of the molecule is COc1ccc(C2=NS(=O)(=O)N([C@H]3CCOC3)C(C(=O)O)=C2)cc1OC. The highest BCUT2D eigenvalue weighted by atomic mass is 32.2. The van der Waals surface area contributed by atoms with Gasteiger partial charge in [0.25, 0.3) is 0 Å². The first kappa shape index (κ1) is 18.2. The maximum absolute atomic E-state index is 12.7. The van der Waals surface area contributed by atoms with Crippen molar-refractivity contribution in [2.24, 2.45) is 4.40 Å². The molecule has 140 valence electrons. The van der Waals surface area contributed by atoms with Gasteiger partial charge in [0.2, 0.25) is 0 Å². The molecule has 0 aromatic heterocycles. The van der Waals surface area contributed by atoms with E-state index in [2.05, 4.69) is 4.40 Å². The van der Waals surface area contributed by atoms with E-state index in [0.29, 0.717) is 30.1 Å². The zero-order valence-electron chi connectivity index (χ0n) is 14.2. The minimum Gasteiger partial charge on any atom is -0.493 e. The number of carboxylic acid groups (broad SMARTS) is 1. The van der Waals surface area contributed by atoms with Crippen molar-refractivity contribution in [3.63, 3.8) is 0 Å².